The number of esters is 1. The lowest BCUT2D eigenvalue weighted by atomic mass is 9.88. The molecule has 3 rings (SSSR count). The molecule has 7 nitrogen and oxygen atoms in total. The third-order valence-corrected chi connectivity index (χ3v) is 5.64. The first-order valence-electron chi connectivity index (χ1n) is 8.56. The van der Waals surface area contributed by atoms with E-state index in [0.29, 0.717) is 16.5 Å². The van der Waals surface area contributed by atoms with Crippen molar-refractivity contribution in [2.45, 2.75) is 26.2 Å². The van der Waals surface area contributed by atoms with Crippen LogP contribution in [0.15, 0.2) is 24.3 Å². The first-order chi connectivity index (χ1) is 12.9. The van der Waals surface area contributed by atoms with Gasteiger partial charge in [-0.05, 0) is 42.9 Å². The number of thiophene rings is 1. The second kappa shape index (κ2) is 7.79. The Morgan fingerprint density at radius 3 is 2.78 bits per heavy atom. The molecule has 4 N–H and O–H groups in total. The summed E-state index contributed by atoms with van der Waals surface area (Å²) in [5.74, 6) is -1.67. The van der Waals surface area contributed by atoms with Crippen LogP contribution >= 0.6 is 11.3 Å². The predicted molar refractivity (Wildman–Crippen MR) is 101 cm³/mol. The number of aromatic hydroxyl groups is 1. The number of amides is 2. The summed E-state index contributed by atoms with van der Waals surface area (Å²) in [7, 11) is 0. The van der Waals surface area contributed by atoms with Gasteiger partial charge >= 0.3 is 5.97 Å². The van der Waals surface area contributed by atoms with E-state index in [-0.39, 0.29) is 11.3 Å². The second-order valence-electron chi connectivity index (χ2n) is 6.56. The highest BCUT2D eigenvalue weighted by Crippen LogP contribution is 2.39. The summed E-state index contributed by atoms with van der Waals surface area (Å²) in [6, 6.07) is 5.90. The molecule has 1 atom stereocenters. The van der Waals surface area contributed by atoms with Crippen LogP contribution in [0, 0.1) is 5.92 Å². The molecular weight excluding hydrogens is 368 g/mol. The fourth-order valence-corrected chi connectivity index (χ4v) is 4.55. The molecule has 1 aromatic heterocycles. The van der Waals surface area contributed by atoms with E-state index in [0.717, 1.165) is 29.7 Å². The molecule has 0 aliphatic heterocycles. The molecule has 1 aromatic carbocycles. The normalized spacial score (nSPS) is 15.7. The van der Waals surface area contributed by atoms with Gasteiger partial charge in [-0.25, -0.2) is 4.79 Å². The van der Waals surface area contributed by atoms with Gasteiger partial charge in [-0.2, -0.15) is 0 Å². The fraction of sp³-hybridized carbons (Fsp3) is 0.316. The molecule has 0 spiro atoms. The van der Waals surface area contributed by atoms with Gasteiger partial charge in [0.2, 0.25) is 0 Å². The van der Waals surface area contributed by atoms with Crippen LogP contribution in [0.3, 0.4) is 0 Å². The average molecular weight is 388 g/mol. The van der Waals surface area contributed by atoms with Crippen LogP contribution in [-0.2, 0) is 22.4 Å². The molecule has 0 bridgehead atoms. The quantitative estimate of drug-likeness (QED) is 0.680. The van der Waals surface area contributed by atoms with Gasteiger partial charge in [-0.3, -0.25) is 9.59 Å². The minimum atomic E-state index is -0.808. The van der Waals surface area contributed by atoms with Crippen LogP contribution in [0.5, 0.6) is 5.75 Å². The molecule has 1 aliphatic rings. The smallest absolute Gasteiger partial charge is 0.342 e. The summed E-state index contributed by atoms with van der Waals surface area (Å²) >= 11 is 1.34. The van der Waals surface area contributed by atoms with Gasteiger partial charge in [-0.15, -0.1) is 11.3 Å². The molecule has 0 saturated heterocycles. The molecular formula is C19H20N2O5S. The van der Waals surface area contributed by atoms with Crippen molar-refractivity contribution in [2.75, 3.05) is 11.9 Å². The zero-order chi connectivity index (χ0) is 19.6. The number of primary amides is 1. The number of phenolic OH excluding ortho intramolecular Hbond substituents is 1. The number of rotatable bonds is 5. The van der Waals surface area contributed by atoms with E-state index >= 15 is 0 Å². The van der Waals surface area contributed by atoms with Crippen molar-refractivity contribution in [3.05, 3.63) is 45.8 Å². The predicted octanol–water partition coefficient (Wildman–Crippen LogP) is 2.47. The Bertz CT molecular complexity index is 906. The third-order valence-electron chi connectivity index (χ3n) is 4.47. The highest BCUT2D eigenvalue weighted by atomic mass is 32.1. The topological polar surface area (TPSA) is 119 Å². The van der Waals surface area contributed by atoms with Gasteiger partial charge in [0, 0.05) is 4.88 Å². The number of hydrogen-bond donors (Lipinski definition) is 3. The molecule has 27 heavy (non-hydrogen) atoms. The first-order valence-corrected chi connectivity index (χ1v) is 9.37. The maximum absolute atomic E-state index is 12.2. The molecule has 2 amide bonds. The lowest BCUT2D eigenvalue weighted by Gasteiger charge is -2.18. The van der Waals surface area contributed by atoms with Crippen LogP contribution in [0.2, 0.25) is 0 Å². The third kappa shape index (κ3) is 4.11. The molecule has 8 heteroatoms. The number of fused-ring (bicyclic) bond motifs is 1. The minimum absolute atomic E-state index is 0.0244. The lowest BCUT2D eigenvalue weighted by Crippen LogP contribution is -2.23. The van der Waals surface area contributed by atoms with Crippen molar-refractivity contribution in [2.24, 2.45) is 11.7 Å². The van der Waals surface area contributed by atoms with Gasteiger partial charge in [0.15, 0.2) is 6.61 Å². The Kier molecular flexibility index (Phi) is 5.46. The minimum Gasteiger partial charge on any atom is -0.507 e. The molecule has 0 fully saturated rings. The highest BCUT2D eigenvalue weighted by molar-refractivity contribution is 7.17. The van der Waals surface area contributed by atoms with Crippen molar-refractivity contribution in [3.8, 4) is 5.75 Å². The molecule has 2 aromatic rings. The highest BCUT2D eigenvalue weighted by Gasteiger charge is 2.27. The maximum Gasteiger partial charge on any atom is 0.342 e. The molecule has 0 saturated carbocycles. The number of nitrogens with one attached hydrogen (secondary N) is 1. The molecule has 0 unspecified atom stereocenters. The number of anilines is 1. The van der Waals surface area contributed by atoms with Crippen LogP contribution in [-0.4, -0.2) is 29.5 Å². The van der Waals surface area contributed by atoms with E-state index in [1.54, 1.807) is 12.1 Å². The van der Waals surface area contributed by atoms with Gasteiger partial charge in [0.25, 0.3) is 11.8 Å². The van der Waals surface area contributed by atoms with Gasteiger partial charge in [-0.1, -0.05) is 19.1 Å². The average Bonchev–Trinajstić information content (AvgIpc) is 2.97. The summed E-state index contributed by atoms with van der Waals surface area (Å²) in [4.78, 5) is 37.1. The Labute approximate surface area is 160 Å². The van der Waals surface area contributed by atoms with E-state index in [1.807, 2.05) is 0 Å². The summed E-state index contributed by atoms with van der Waals surface area (Å²) in [6.45, 7) is 1.60. The van der Waals surface area contributed by atoms with Crippen LogP contribution < -0.4 is 11.1 Å². The Balaban J connectivity index is 1.68. The molecule has 0 radical (unpaired) electrons. The van der Waals surface area contributed by atoms with E-state index in [1.165, 1.54) is 23.5 Å². The Morgan fingerprint density at radius 1 is 1.33 bits per heavy atom. The molecule has 1 heterocycles. The Hall–Kier alpha value is -2.87. The fourth-order valence-electron chi connectivity index (χ4n) is 3.12. The van der Waals surface area contributed by atoms with Gasteiger partial charge < -0.3 is 20.9 Å². The standard InChI is InChI=1S/C19H20N2O5S/c1-10-6-7-12-14(8-10)27-18(16(12)17(20)24)21-15(23)9-26-19(25)11-4-2-3-5-13(11)22/h2-5,10,22H,6-9H2,1H3,(H2,20,24)(H,21,23)/t10-/m0/s1. The second-order valence-corrected chi connectivity index (χ2v) is 7.67. The number of carbonyl (C=O) groups excluding carboxylic acids is 3. The number of carbonyl (C=O) groups is 3. The summed E-state index contributed by atoms with van der Waals surface area (Å²) in [6.07, 6.45) is 2.57. The number of para-hydroxylation sites is 1. The number of ether oxygens (including phenoxy) is 1. The Morgan fingerprint density at radius 2 is 2.07 bits per heavy atom. The molecule has 142 valence electrons. The van der Waals surface area contributed by atoms with E-state index in [4.69, 9.17) is 10.5 Å². The zero-order valence-electron chi connectivity index (χ0n) is 14.8. The van der Waals surface area contributed by atoms with Gasteiger partial charge in [0.05, 0.1) is 5.56 Å². The van der Waals surface area contributed by atoms with Crippen LogP contribution in [0.25, 0.3) is 0 Å². The van der Waals surface area contributed by atoms with E-state index in [9.17, 15) is 19.5 Å². The van der Waals surface area contributed by atoms with Crippen molar-refractivity contribution in [1.82, 2.24) is 0 Å². The lowest BCUT2D eigenvalue weighted by molar-refractivity contribution is -0.119. The zero-order valence-corrected chi connectivity index (χ0v) is 15.6. The molecule has 1 aliphatic carbocycles. The number of nitrogens with two attached hydrogens (primary N) is 1. The van der Waals surface area contributed by atoms with Gasteiger partial charge in [0.1, 0.15) is 16.3 Å². The van der Waals surface area contributed by atoms with Crippen molar-refractivity contribution in [3.63, 3.8) is 0 Å². The summed E-state index contributed by atoms with van der Waals surface area (Å²) < 4.78 is 4.94. The number of hydrogen-bond acceptors (Lipinski definition) is 6. The van der Waals surface area contributed by atoms with Crippen molar-refractivity contribution >= 4 is 34.1 Å². The van der Waals surface area contributed by atoms with Crippen molar-refractivity contribution < 1.29 is 24.2 Å². The van der Waals surface area contributed by atoms with Crippen molar-refractivity contribution in [1.29, 1.82) is 0 Å². The maximum atomic E-state index is 12.2. The number of benzene rings is 1. The van der Waals surface area contributed by atoms with Crippen LogP contribution in [0.1, 0.15) is 44.5 Å². The number of phenols is 1. The van der Waals surface area contributed by atoms with E-state index < -0.39 is 24.4 Å². The van der Waals surface area contributed by atoms with Crippen LogP contribution in [0.4, 0.5) is 5.00 Å². The summed E-state index contributed by atoms with van der Waals surface area (Å²) in [5, 5.41) is 12.7. The summed E-state index contributed by atoms with van der Waals surface area (Å²) in [5.41, 5.74) is 6.75. The van der Waals surface area contributed by atoms with E-state index in [2.05, 4.69) is 12.2 Å². The monoisotopic (exact) mass is 388 g/mol. The first kappa shape index (κ1) is 18.9. The SMILES string of the molecule is C[C@H]1CCc2c(sc(NC(=O)COC(=O)c3ccccc3O)c2C(N)=O)C1. The largest absolute Gasteiger partial charge is 0.507 e.